The van der Waals surface area contributed by atoms with Gasteiger partial charge < -0.3 is 11.1 Å². The Kier molecular flexibility index (Phi) is 3.89. The lowest BCUT2D eigenvalue weighted by Gasteiger charge is -2.06. The summed E-state index contributed by atoms with van der Waals surface area (Å²) in [5.74, 6) is 1.94. The number of nitrogens with one attached hydrogen (secondary N) is 1. The lowest BCUT2D eigenvalue weighted by atomic mass is 10.2. The third kappa shape index (κ3) is 3.14. The Morgan fingerprint density at radius 3 is 3.00 bits per heavy atom. The molecule has 0 aliphatic heterocycles. The summed E-state index contributed by atoms with van der Waals surface area (Å²) in [4.78, 5) is 4.21. The van der Waals surface area contributed by atoms with E-state index < -0.39 is 0 Å². The molecule has 0 bridgehead atoms. The number of pyridine rings is 1. The molecule has 0 saturated heterocycles. The highest BCUT2D eigenvalue weighted by atomic mass is 32.2. The summed E-state index contributed by atoms with van der Waals surface area (Å²) in [7, 11) is 0. The first-order chi connectivity index (χ1) is 6.24. The third-order valence-corrected chi connectivity index (χ3v) is 2.37. The van der Waals surface area contributed by atoms with Crippen LogP contribution in [0.15, 0.2) is 12.3 Å². The van der Waals surface area contributed by atoms with E-state index in [4.69, 9.17) is 5.73 Å². The normalized spacial score (nSPS) is 10.0. The minimum atomic E-state index is 0.793. The van der Waals surface area contributed by atoms with Crippen LogP contribution >= 0.6 is 11.8 Å². The molecule has 72 valence electrons. The number of nitrogens with zero attached hydrogens (tertiary/aromatic N) is 1. The molecule has 1 aromatic rings. The van der Waals surface area contributed by atoms with E-state index in [2.05, 4.69) is 16.6 Å². The van der Waals surface area contributed by atoms with E-state index in [9.17, 15) is 0 Å². The molecule has 0 aliphatic carbocycles. The van der Waals surface area contributed by atoms with E-state index in [0.717, 1.165) is 29.4 Å². The van der Waals surface area contributed by atoms with Crippen LogP contribution in [0.4, 0.5) is 11.5 Å². The molecule has 0 amide bonds. The lowest BCUT2D eigenvalue weighted by Crippen LogP contribution is -2.06. The molecule has 3 N–H and O–H groups in total. The van der Waals surface area contributed by atoms with Gasteiger partial charge in [0, 0.05) is 30.2 Å². The van der Waals surface area contributed by atoms with Gasteiger partial charge in [-0.05, 0) is 18.7 Å². The minimum Gasteiger partial charge on any atom is -0.398 e. The van der Waals surface area contributed by atoms with E-state index >= 15 is 0 Å². The second kappa shape index (κ2) is 4.97. The SMILES string of the molecule is CSCCNc1cc(N)c(C)cn1. The van der Waals surface area contributed by atoms with E-state index in [1.807, 2.05) is 13.0 Å². The van der Waals surface area contributed by atoms with Crippen LogP contribution in [-0.4, -0.2) is 23.5 Å². The summed E-state index contributed by atoms with van der Waals surface area (Å²) in [6, 6.07) is 1.87. The molecule has 0 aliphatic rings. The highest BCUT2D eigenvalue weighted by molar-refractivity contribution is 7.98. The zero-order valence-electron chi connectivity index (χ0n) is 8.00. The monoisotopic (exact) mass is 197 g/mol. The Bertz CT molecular complexity index is 276. The number of nitrogens with two attached hydrogens (primary N) is 1. The Morgan fingerprint density at radius 1 is 1.62 bits per heavy atom. The average molecular weight is 197 g/mol. The molecule has 1 aromatic heterocycles. The van der Waals surface area contributed by atoms with E-state index in [-0.39, 0.29) is 0 Å². The van der Waals surface area contributed by atoms with Crippen LogP contribution in [-0.2, 0) is 0 Å². The predicted octanol–water partition coefficient (Wildman–Crippen LogP) is 1.75. The van der Waals surface area contributed by atoms with Crippen LogP contribution in [0.2, 0.25) is 0 Å². The first-order valence-electron chi connectivity index (χ1n) is 4.19. The largest absolute Gasteiger partial charge is 0.398 e. The maximum Gasteiger partial charge on any atom is 0.127 e. The van der Waals surface area contributed by atoms with Crippen molar-refractivity contribution >= 4 is 23.3 Å². The molecule has 0 unspecified atom stereocenters. The van der Waals surface area contributed by atoms with Gasteiger partial charge in [0.05, 0.1) is 0 Å². The molecular formula is C9H15N3S. The van der Waals surface area contributed by atoms with Crippen molar-refractivity contribution in [2.24, 2.45) is 0 Å². The number of hydrogen-bond acceptors (Lipinski definition) is 4. The van der Waals surface area contributed by atoms with Crippen molar-refractivity contribution in [2.45, 2.75) is 6.92 Å². The Hall–Kier alpha value is -0.900. The van der Waals surface area contributed by atoms with Crippen LogP contribution in [0.5, 0.6) is 0 Å². The summed E-state index contributed by atoms with van der Waals surface area (Å²) >= 11 is 1.81. The number of aromatic nitrogens is 1. The van der Waals surface area contributed by atoms with Gasteiger partial charge in [-0.3, -0.25) is 0 Å². The molecule has 13 heavy (non-hydrogen) atoms. The van der Waals surface area contributed by atoms with Crippen molar-refractivity contribution in [1.29, 1.82) is 0 Å². The first-order valence-corrected chi connectivity index (χ1v) is 5.58. The average Bonchev–Trinajstić information content (AvgIpc) is 2.12. The van der Waals surface area contributed by atoms with Gasteiger partial charge >= 0.3 is 0 Å². The molecule has 0 aromatic carbocycles. The van der Waals surface area contributed by atoms with Crippen molar-refractivity contribution < 1.29 is 0 Å². The van der Waals surface area contributed by atoms with E-state index in [0.29, 0.717) is 0 Å². The van der Waals surface area contributed by atoms with Crippen molar-refractivity contribution in [3.05, 3.63) is 17.8 Å². The second-order valence-corrected chi connectivity index (χ2v) is 3.83. The molecule has 1 rings (SSSR count). The molecular weight excluding hydrogens is 182 g/mol. The number of thioether (sulfide) groups is 1. The van der Waals surface area contributed by atoms with Crippen molar-refractivity contribution in [3.8, 4) is 0 Å². The molecule has 4 heteroatoms. The van der Waals surface area contributed by atoms with Gasteiger partial charge in [-0.15, -0.1) is 0 Å². The highest BCUT2D eigenvalue weighted by Gasteiger charge is 1.96. The van der Waals surface area contributed by atoms with Crippen LogP contribution in [0.25, 0.3) is 0 Å². The van der Waals surface area contributed by atoms with Gasteiger partial charge in [0.15, 0.2) is 0 Å². The lowest BCUT2D eigenvalue weighted by molar-refractivity contribution is 1.16. The third-order valence-electron chi connectivity index (χ3n) is 1.76. The van der Waals surface area contributed by atoms with Gasteiger partial charge in [-0.25, -0.2) is 4.98 Å². The fraction of sp³-hybridized carbons (Fsp3) is 0.444. The smallest absolute Gasteiger partial charge is 0.127 e. The van der Waals surface area contributed by atoms with Crippen molar-refractivity contribution in [1.82, 2.24) is 4.98 Å². The molecule has 0 saturated carbocycles. The van der Waals surface area contributed by atoms with Gasteiger partial charge in [0.2, 0.25) is 0 Å². The number of rotatable bonds is 4. The molecule has 0 radical (unpaired) electrons. The minimum absolute atomic E-state index is 0.793. The van der Waals surface area contributed by atoms with Crippen LogP contribution in [0, 0.1) is 6.92 Å². The molecule has 0 fully saturated rings. The van der Waals surface area contributed by atoms with E-state index in [1.165, 1.54) is 0 Å². The molecule has 1 heterocycles. The Labute approximate surface area is 83.1 Å². The topological polar surface area (TPSA) is 50.9 Å². The van der Waals surface area contributed by atoms with Gasteiger partial charge in [-0.2, -0.15) is 11.8 Å². The Morgan fingerprint density at radius 2 is 2.38 bits per heavy atom. The van der Waals surface area contributed by atoms with Crippen LogP contribution in [0.3, 0.4) is 0 Å². The highest BCUT2D eigenvalue weighted by Crippen LogP contribution is 2.13. The number of nitrogen functional groups attached to an aromatic ring is 1. The van der Waals surface area contributed by atoms with Crippen molar-refractivity contribution in [3.63, 3.8) is 0 Å². The van der Waals surface area contributed by atoms with E-state index in [1.54, 1.807) is 18.0 Å². The zero-order valence-corrected chi connectivity index (χ0v) is 8.82. The number of anilines is 2. The molecule has 0 atom stereocenters. The van der Waals surface area contributed by atoms with Crippen LogP contribution < -0.4 is 11.1 Å². The van der Waals surface area contributed by atoms with Gasteiger partial charge in [0.25, 0.3) is 0 Å². The quantitative estimate of drug-likeness (QED) is 0.722. The Balaban J connectivity index is 2.53. The maximum absolute atomic E-state index is 5.74. The predicted molar refractivity (Wildman–Crippen MR) is 60.3 cm³/mol. The summed E-state index contributed by atoms with van der Waals surface area (Å²) in [5.41, 5.74) is 7.56. The van der Waals surface area contributed by atoms with Gasteiger partial charge in [0.1, 0.15) is 5.82 Å². The van der Waals surface area contributed by atoms with Crippen LogP contribution in [0.1, 0.15) is 5.56 Å². The molecule has 3 nitrogen and oxygen atoms in total. The fourth-order valence-electron chi connectivity index (χ4n) is 0.917. The van der Waals surface area contributed by atoms with Gasteiger partial charge in [-0.1, -0.05) is 0 Å². The second-order valence-electron chi connectivity index (χ2n) is 2.85. The molecule has 0 spiro atoms. The summed E-state index contributed by atoms with van der Waals surface area (Å²) in [6.07, 6.45) is 3.87. The summed E-state index contributed by atoms with van der Waals surface area (Å²) in [5, 5.41) is 3.20. The summed E-state index contributed by atoms with van der Waals surface area (Å²) in [6.45, 7) is 2.88. The maximum atomic E-state index is 5.74. The number of hydrogen-bond donors (Lipinski definition) is 2. The standard InChI is InChI=1S/C9H15N3S/c1-7-6-12-9(5-8(7)10)11-3-4-13-2/h5-6H,3-4H2,1-2H3,(H3,10,11,12). The number of aryl methyl sites for hydroxylation is 1. The van der Waals surface area contributed by atoms with Crippen molar-refractivity contribution in [2.75, 3.05) is 29.6 Å². The fourth-order valence-corrected chi connectivity index (χ4v) is 1.22. The first kappa shape index (κ1) is 10.2. The zero-order chi connectivity index (χ0) is 9.68. The summed E-state index contributed by atoms with van der Waals surface area (Å²) < 4.78 is 0.